The molecule has 0 saturated carbocycles. The maximum Gasteiger partial charge on any atom is 0.373 e. The molecule has 2 aromatic rings. The summed E-state index contributed by atoms with van der Waals surface area (Å²) in [5.74, 6) is 0. The van der Waals surface area contributed by atoms with Gasteiger partial charge in [0.2, 0.25) is 0 Å². The maximum atomic E-state index is 10.3. The molecular weight excluding hydrogens is 202 g/mol. The molecule has 0 aliphatic heterocycles. The van der Waals surface area contributed by atoms with Crippen LogP contribution in [0.4, 0.5) is 5.69 Å². The average molecular weight is 207 g/mol. The van der Waals surface area contributed by atoms with Crippen molar-refractivity contribution in [1.82, 2.24) is 9.97 Å². The second-order valence-corrected chi connectivity index (χ2v) is 2.45. The van der Waals surface area contributed by atoms with Crippen LogP contribution in [-0.4, -0.2) is 21.0 Å². The molecule has 0 spiro atoms. The Morgan fingerprint density at radius 3 is 2.73 bits per heavy atom. The number of aromatic amines is 1. The van der Waals surface area contributed by atoms with E-state index in [9.17, 15) is 10.1 Å². The highest BCUT2D eigenvalue weighted by molar-refractivity contribution is 5.77. The van der Waals surface area contributed by atoms with Crippen molar-refractivity contribution in [2.75, 3.05) is 0 Å². The number of carbonyl (C=O) groups excluding carboxylic acids is 2. The molecule has 15 heavy (non-hydrogen) atoms. The Balaban J connectivity index is 0.000000337. The molecule has 0 radical (unpaired) electrons. The van der Waals surface area contributed by atoms with Crippen LogP contribution in [0.3, 0.4) is 0 Å². The first-order valence-electron chi connectivity index (χ1n) is 3.76. The summed E-state index contributed by atoms with van der Waals surface area (Å²) in [6.45, 7) is 0. The fourth-order valence-electron chi connectivity index (χ4n) is 1.03. The molecule has 7 nitrogen and oxygen atoms in total. The van der Waals surface area contributed by atoms with Gasteiger partial charge >= 0.3 is 6.15 Å². The Kier molecular flexibility index (Phi) is 3.26. The molecule has 2 heterocycles. The van der Waals surface area contributed by atoms with Crippen LogP contribution in [0.2, 0.25) is 0 Å². The molecule has 0 atom stereocenters. The van der Waals surface area contributed by atoms with E-state index in [1.54, 1.807) is 12.3 Å². The van der Waals surface area contributed by atoms with E-state index in [0.717, 1.165) is 5.39 Å². The predicted octanol–water partition coefficient (Wildman–Crippen LogP) is 0.888. The fourth-order valence-corrected chi connectivity index (χ4v) is 1.03. The van der Waals surface area contributed by atoms with E-state index in [0.29, 0.717) is 5.65 Å². The van der Waals surface area contributed by atoms with Gasteiger partial charge in [-0.3, -0.25) is 10.1 Å². The van der Waals surface area contributed by atoms with Crippen molar-refractivity contribution in [3.05, 3.63) is 34.6 Å². The van der Waals surface area contributed by atoms with Gasteiger partial charge in [0.15, 0.2) is 0 Å². The van der Waals surface area contributed by atoms with Gasteiger partial charge in [0.1, 0.15) is 11.8 Å². The summed E-state index contributed by atoms with van der Waals surface area (Å²) < 4.78 is 0. The largest absolute Gasteiger partial charge is 0.373 e. The zero-order chi connectivity index (χ0) is 11.3. The number of rotatable bonds is 1. The van der Waals surface area contributed by atoms with Crippen LogP contribution in [0.1, 0.15) is 0 Å². The van der Waals surface area contributed by atoms with Crippen molar-refractivity contribution in [3.8, 4) is 0 Å². The van der Waals surface area contributed by atoms with Crippen molar-refractivity contribution in [3.63, 3.8) is 0 Å². The third-order valence-electron chi connectivity index (χ3n) is 1.60. The summed E-state index contributed by atoms with van der Waals surface area (Å²) in [5, 5.41) is 11.1. The second kappa shape index (κ2) is 4.64. The molecule has 0 aliphatic carbocycles. The number of nitrogens with zero attached hydrogens (tertiary/aromatic N) is 2. The quantitative estimate of drug-likeness (QED) is 0.552. The minimum absolute atomic E-state index is 0.0158. The van der Waals surface area contributed by atoms with E-state index in [1.165, 1.54) is 12.3 Å². The molecular formula is C8H5N3O4. The molecule has 0 aliphatic rings. The molecule has 7 heteroatoms. The van der Waals surface area contributed by atoms with Crippen LogP contribution >= 0.6 is 0 Å². The molecule has 2 aromatic heterocycles. The van der Waals surface area contributed by atoms with Gasteiger partial charge in [-0.1, -0.05) is 0 Å². The van der Waals surface area contributed by atoms with Crippen LogP contribution in [-0.2, 0) is 9.59 Å². The highest BCUT2D eigenvalue weighted by atomic mass is 16.6. The number of hydrogen-bond acceptors (Lipinski definition) is 5. The topological polar surface area (TPSA) is 106 Å². The van der Waals surface area contributed by atoms with Gasteiger partial charge in [-0.25, -0.2) is 4.98 Å². The predicted molar refractivity (Wildman–Crippen MR) is 47.8 cm³/mol. The average Bonchev–Trinajstić information content (AvgIpc) is 2.65. The van der Waals surface area contributed by atoms with Crippen molar-refractivity contribution in [2.45, 2.75) is 0 Å². The molecule has 0 aromatic carbocycles. The van der Waals surface area contributed by atoms with Crippen molar-refractivity contribution in [2.24, 2.45) is 0 Å². The van der Waals surface area contributed by atoms with E-state index in [-0.39, 0.29) is 11.8 Å². The van der Waals surface area contributed by atoms with Gasteiger partial charge < -0.3 is 4.98 Å². The summed E-state index contributed by atoms with van der Waals surface area (Å²) in [4.78, 5) is 32.8. The van der Waals surface area contributed by atoms with E-state index in [4.69, 9.17) is 9.59 Å². The number of H-pyrrole nitrogens is 1. The monoisotopic (exact) mass is 207 g/mol. The van der Waals surface area contributed by atoms with Gasteiger partial charge in [-0.15, -0.1) is 0 Å². The van der Waals surface area contributed by atoms with Crippen LogP contribution in [0.15, 0.2) is 24.5 Å². The van der Waals surface area contributed by atoms with Crippen LogP contribution < -0.4 is 0 Å². The minimum atomic E-state index is -0.459. The van der Waals surface area contributed by atoms with Gasteiger partial charge in [0.25, 0.3) is 5.69 Å². The molecule has 2 rings (SSSR count). The van der Waals surface area contributed by atoms with Crippen molar-refractivity contribution in [1.29, 1.82) is 0 Å². The number of fused-ring (bicyclic) bond motifs is 1. The fraction of sp³-hybridized carbons (Fsp3) is 0. The van der Waals surface area contributed by atoms with Crippen LogP contribution in [0.25, 0.3) is 11.0 Å². The first kappa shape index (κ1) is 10.6. The molecule has 0 fully saturated rings. The summed E-state index contributed by atoms with van der Waals surface area (Å²) in [6.07, 6.45) is 3.18. The molecule has 0 saturated heterocycles. The van der Waals surface area contributed by atoms with E-state index in [2.05, 4.69) is 9.97 Å². The lowest BCUT2D eigenvalue weighted by molar-refractivity contribution is -0.385. The standard InChI is InChI=1S/C7H5N3O2.CO2/c11-10(12)6-3-5-1-2-8-7(5)9-4-6;2-1-3/h1-4H,(H,8,9);. The zero-order valence-corrected chi connectivity index (χ0v) is 7.34. The number of pyridine rings is 1. The van der Waals surface area contributed by atoms with E-state index in [1.807, 2.05) is 0 Å². The number of nitro groups is 1. The normalized spacial score (nSPS) is 8.80. The highest BCUT2D eigenvalue weighted by Gasteiger charge is 2.06. The van der Waals surface area contributed by atoms with Crippen molar-refractivity contribution < 1.29 is 14.5 Å². The third-order valence-corrected chi connectivity index (χ3v) is 1.60. The highest BCUT2D eigenvalue weighted by Crippen LogP contribution is 2.16. The van der Waals surface area contributed by atoms with E-state index >= 15 is 0 Å². The lowest BCUT2D eigenvalue weighted by Crippen LogP contribution is -1.88. The number of nitrogens with one attached hydrogen (secondary N) is 1. The summed E-state index contributed by atoms with van der Waals surface area (Å²) in [6, 6.07) is 3.23. The molecule has 1 N–H and O–H groups in total. The Labute approximate surface area is 82.9 Å². The van der Waals surface area contributed by atoms with Crippen LogP contribution in [0.5, 0.6) is 0 Å². The molecule has 0 unspecified atom stereocenters. The third kappa shape index (κ3) is 2.45. The molecule has 76 valence electrons. The number of hydrogen-bond donors (Lipinski definition) is 1. The smallest absolute Gasteiger partial charge is 0.346 e. The summed E-state index contributed by atoms with van der Waals surface area (Å²) in [5.41, 5.74) is 0.683. The van der Waals surface area contributed by atoms with Gasteiger partial charge in [0.05, 0.1) is 4.92 Å². The van der Waals surface area contributed by atoms with Crippen LogP contribution in [0, 0.1) is 10.1 Å². The van der Waals surface area contributed by atoms with Gasteiger partial charge in [-0.05, 0) is 6.07 Å². The Hall–Kier alpha value is -2.53. The van der Waals surface area contributed by atoms with E-state index < -0.39 is 4.92 Å². The maximum absolute atomic E-state index is 10.3. The Bertz CT molecular complexity index is 513. The first-order valence-corrected chi connectivity index (χ1v) is 3.76. The minimum Gasteiger partial charge on any atom is -0.346 e. The second-order valence-electron chi connectivity index (χ2n) is 2.45. The van der Waals surface area contributed by atoms with Gasteiger partial charge in [0, 0.05) is 17.6 Å². The Morgan fingerprint density at radius 2 is 2.13 bits per heavy atom. The first-order chi connectivity index (χ1) is 7.19. The Morgan fingerprint density at radius 1 is 1.47 bits per heavy atom. The zero-order valence-electron chi connectivity index (χ0n) is 7.34. The SMILES string of the molecule is O=C=O.O=[N+]([O-])c1cnc2[nH]ccc2c1. The van der Waals surface area contributed by atoms with Gasteiger partial charge in [-0.2, -0.15) is 9.59 Å². The lowest BCUT2D eigenvalue weighted by atomic mass is 10.3. The summed E-state index contributed by atoms with van der Waals surface area (Å²) >= 11 is 0. The molecule has 0 bridgehead atoms. The number of aromatic nitrogens is 2. The summed E-state index contributed by atoms with van der Waals surface area (Å²) in [7, 11) is 0. The van der Waals surface area contributed by atoms with Crippen molar-refractivity contribution >= 4 is 22.9 Å². The molecule has 0 amide bonds. The lowest BCUT2D eigenvalue weighted by Gasteiger charge is -1.89.